The monoisotopic (exact) mass is 379 g/mol. The Bertz CT molecular complexity index is 993. The predicted molar refractivity (Wildman–Crippen MR) is 108 cm³/mol. The Hall–Kier alpha value is -2.79. The molecule has 0 saturated heterocycles. The number of fused-ring (bicyclic) bond motifs is 3. The SMILES string of the molecule is COc1ccc(CNC(=O)c2cc3c(s2)-c2ccccc2CC3)cc1OC. The minimum atomic E-state index is -0.0401. The molecule has 2 aromatic carbocycles. The highest BCUT2D eigenvalue weighted by atomic mass is 32.1. The molecule has 0 aliphatic heterocycles. The molecule has 1 aliphatic carbocycles. The van der Waals surface area contributed by atoms with Crippen LogP contribution in [0, 0.1) is 0 Å². The summed E-state index contributed by atoms with van der Waals surface area (Å²) in [4.78, 5) is 14.7. The van der Waals surface area contributed by atoms with Gasteiger partial charge in [0.1, 0.15) is 0 Å². The zero-order valence-electron chi connectivity index (χ0n) is 15.4. The van der Waals surface area contributed by atoms with E-state index in [9.17, 15) is 4.79 Å². The third-order valence-electron chi connectivity index (χ3n) is 4.86. The first-order valence-corrected chi connectivity index (χ1v) is 9.71. The van der Waals surface area contributed by atoms with Crippen LogP contribution in [0.25, 0.3) is 10.4 Å². The van der Waals surface area contributed by atoms with E-state index in [1.54, 1.807) is 25.6 Å². The van der Waals surface area contributed by atoms with Gasteiger partial charge in [0.2, 0.25) is 0 Å². The zero-order chi connectivity index (χ0) is 18.8. The molecule has 5 heteroatoms. The molecule has 4 rings (SSSR count). The van der Waals surface area contributed by atoms with Crippen LogP contribution in [0.1, 0.15) is 26.4 Å². The summed E-state index contributed by atoms with van der Waals surface area (Å²) in [7, 11) is 3.21. The van der Waals surface area contributed by atoms with Crippen molar-refractivity contribution >= 4 is 17.2 Å². The number of hydrogen-bond acceptors (Lipinski definition) is 4. The van der Waals surface area contributed by atoms with Crippen molar-refractivity contribution in [1.82, 2.24) is 5.32 Å². The van der Waals surface area contributed by atoms with Crippen molar-refractivity contribution in [2.24, 2.45) is 0 Å². The van der Waals surface area contributed by atoms with E-state index in [2.05, 4.69) is 29.6 Å². The van der Waals surface area contributed by atoms with E-state index < -0.39 is 0 Å². The van der Waals surface area contributed by atoms with Gasteiger partial charge < -0.3 is 14.8 Å². The van der Waals surface area contributed by atoms with Crippen molar-refractivity contribution in [1.29, 1.82) is 0 Å². The van der Waals surface area contributed by atoms with Gasteiger partial charge in [0, 0.05) is 11.4 Å². The lowest BCUT2D eigenvalue weighted by atomic mass is 9.91. The maximum absolute atomic E-state index is 12.7. The molecule has 0 bridgehead atoms. The largest absolute Gasteiger partial charge is 0.493 e. The summed E-state index contributed by atoms with van der Waals surface area (Å²) in [5.41, 5.74) is 4.87. The highest BCUT2D eigenvalue weighted by Gasteiger charge is 2.21. The second-order valence-corrected chi connectivity index (χ2v) is 7.55. The van der Waals surface area contributed by atoms with Crippen molar-refractivity contribution in [3.8, 4) is 21.9 Å². The number of nitrogens with one attached hydrogen (secondary N) is 1. The van der Waals surface area contributed by atoms with Gasteiger partial charge in [-0.1, -0.05) is 30.3 Å². The molecule has 0 atom stereocenters. The van der Waals surface area contributed by atoms with E-state index >= 15 is 0 Å². The lowest BCUT2D eigenvalue weighted by Crippen LogP contribution is -2.21. The molecular formula is C22H21NO3S. The summed E-state index contributed by atoms with van der Waals surface area (Å²) in [6, 6.07) is 16.2. The fourth-order valence-corrected chi connectivity index (χ4v) is 4.63. The first-order chi connectivity index (χ1) is 13.2. The lowest BCUT2D eigenvalue weighted by Gasteiger charge is -2.15. The number of aryl methyl sites for hydroxylation is 2. The molecule has 1 amide bonds. The van der Waals surface area contributed by atoms with Gasteiger partial charge in [-0.2, -0.15) is 0 Å². The maximum atomic E-state index is 12.7. The van der Waals surface area contributed by atoms with Crippen LogP contribution in [0.4, 0.5) is 0 Å². The molecule has 27 heavy (non-hydrogen) atoms. The normalized spacial score (nSPS) is 12.1. The van der Waals surface area contributed by atoms with Crippen LogP contribution in [-0.2, 0) is 19.4 Å². The fraction of sp³-hybridized carbons (Fsp3) is 0.227. The van der Waals surface area contributed by atoms with Gasteiger partial charge >= 0.3 is 0 Å². The number of ether oxygens (including phenoxy) is 2. The molecule has 3 aromatic rings. The fourth-order valence-electron chi connectivity index (χ4n) is 3.44. The van der Waals surface area contributed by atoms with Crippen LogP contribution in [0.15, 0.2) is 48.5 Å². The standard InChI is InChI=1S/C22H21NO3S/c1-25-18-10-7-14(11-19(18)26-2)13-23-22(24)20-12-16-9-8-15-5-3-4-6-17(15)21(16)27-20/h3-7,10-12H,8-9,13H2,1-2H3,(H,23,24). The van der Waals surface area contributed by atoms with Crippen molar-refractivity contribution < 1.29 is 14.3 Å². The molecule has 138 valence electrons. The number of amides is 1. The molecule has 0 fully saturated rings. The summed E-state index contributed by atoms with van der Waals surface area (Å²) < 4.78 is 10.6. The van der Waals surface area contributed by atoms with Gasteiger partial charge in [0.15, 0.2) is 11.5 Å². The Morgan fingerprint density at radius 2 is 1.78 bits per heavy atom. The number of benzene rings is 2. The highest BCUT2D eigenvalue weighted by molar-refractivity contribution is 7.17. The molecule has 1 aliphatic rings. The molecule has 1 aromatic heterocycles. The number of carbonyl (C=O) groups excluding carboxylic acids is 1. The van der Waals surface area contributed by atoms with Crippen molar-refractivity contribution in [3.63, 3.8) is 0 Å². The van der Waals surface area contributed by atoms with E-state index in [-0.39, 0.29) is 5.91 Å². The molecule has 1 heterocycles. The third kappa shape index (κ3) is 3.43. The molecule has 4 nitrogen and oxygen atoms in total. The van der Waals surface area contributed by atoms with Crippen LogP contribution in [0.5, 0.6) is 11.5 Å². The average molecular weight is 379 g/mol. The van der Waals surface area contributed by atoms with Crippen LogP contribution in [0.3, 0.4) is 0 Å². The van der Waals surface area contributed by atoms with E-state index in [1.807, 2.05) is 24.3 Å². The smallest absolute Gasteiger partial charge is 0.261 e. The zero-order valence-corrected chi connectivity index (χ0v) is 16.2. The van der Waals surface area contributed by atoms with Gasteiger partial charge in [0.05, 0.1) is 19.1 Å². The molecular weight excluding hydrogens is 358 g/mol. The van der Waals surface area contributed by atoms with Gasteiger partial charge in [-0.05, 0) is 53.3 Å². The average Bonchev–Trinajstić information content (AvgIpc) is 3.16. The lowest BCUT2D eigenvalue weighted by molar-refractivity contribution is 0.0955. The minimum Gasteiger partial charge on any atom is -0.493 e. The van der Waals surface area contributed by atoms with E-state index in [4.69, 9.17) is 9.47 Å². The summed E-state index contributed by atoms with van der Waals surface area (Å²) in [6.07, 6.45) is 2.03. The Balaban J connectivity index is 1.50. The van der Waals surface area contributed by atoms with Crippen LogP contribution < -0.4 is 14.8 Å². The van der Waals surface area contributed by atoms with E-state index in [0.717, 1.165) is 23.3 Å². The van der Waals surface area contributed by atoms with Gasteiger partial charge in [-0.3, -0.25) is 4.79 Å². The van der Waals surface area contributed by atoms with Crippen LogP contribution in [-0.4, -0.2) is 20.1 Å². The van der Waals surface area contributed by atoms with Crippen molar-refractivity contribution in [2.45, 2.75) is 19.4 Å². The topological polar surface area (TPSA) is 47.6 Å². The second kappa shape index (κ2) is 7.45. The number of rotatable bonds is 5. The van der Waals surface area contributed by atoms with Crippen LogP contribution in [0.2, 0.25) is 0 Å². The quantitative estimate of drug-likeness (QED) is 0.712. The number of methoxy groups -OCH3 is 2. The van der Waals surface area contributed by atoms with Gasteiger partial charge in [-0.25, -0.2) is 0 Å². The molecule has 0 saturated carbocycles. The van der Waals surface area contributed by atoms with E-state index in [0.29, 0.717) is 18.0 Å². The molecule has 0 unspecified atom stereocenters. The van der Waals surface area contributed by atoms with Crippen molar-refractivity contribution in [3.05, 3.63) is 70.1 Å². The van der Waals surface area contributed by atoms with Crippen LogP contribution >= 0.6 is 11.3 Å². The first kappa shape index (κ1) is 17.6. The summed E-state index contributed by atoms with van der Waals surface area (Å²) in [5.74, 6) is 1.30. The Kier molecular flexibility index (Phi) is 4.86. The number of hydrogen-bond donors (Lipinski definition) is 1. The molecule has 0 radical (unpaired) electrons. The predicted octanol–water partition coefficient (Wildman–Crippen LogP) is 4.46. The summed E-state index contributed by atoms with van der Waals surface area (Å²) in [6.45, 7) is 0.443. The highest BCUT2D eigenvalue weighted by Crippen LogP contribution is 2.39. The van der Waals surface area contributed by atoms with Gasteiger partial charge in [-0.15, -0.1) is 11.3 Å². The molecule has 1 N–H and O–H groups in total. The van der Waals surface area contributed by atoms with Crippen molar-refractivity contribution in [2.75, 3.05) is 14.2 Å². The first-order valence-electron chi connectivity index (χ1n) is 8.89. The Morgan fingerprint density at radius 3 is 2.59 bits per heavy atom. The Morgan fingerprint density at radius 1 is 1.00 bits per heavy atom. The maximum Gasteiger partial charge on any atom is 0.261 e. The Labute approximate surface area is 162 Å². The number of carbonyl (C=O) groups is 1. The van der Waals surface area contributed by atoms with E-state index in [1.165, 1.54) is 21.6 Å². The minimum absolute atomic E-state index is 0.0401. The van der Waals surface area contributed by atoms with Gasteiger partial charge in [0.25, 0.3) is 5.91 Å². The summed E-state index contributed by atoms with van der Waals surface area (Å²) in [5, 5.41) is 3.01. The summed E-state index contributed by atoms with van der Waals surface area (Å²) >= 11 is 1.58. The number of thiophene rings is 1. The second-order valence-electron chi connectivity index (χ2n) is 6.49. The molecule has 0 spiro atoms. The third-order valence-corrected chi connectivity index (χ3v) is 6.07.